The molecule has 0 aromatic carbocycles. The largest absolute Gasteiger partial charge is 0.477 e. The van der Waals surface area contributed by atoms with Gasteiger partial charge < -0.3 is 284 Å². The van der Waals surface area contributed by atoms with Gasteiger partial charge in [0.2, 0.25) is 29.5 Å². The zero-order chi connectivity index (χ0) is 105. The molecule has 142 heavy (non-hydrogen) atoms. The van der Waals surface area contributed by atoms with Crippen LogP contribution in [0.4, 0.5) is 0 Å². The second-order valence-corrected chi connectivity index (χ2v) is 36.0. The zero-order valence-corrected chi connectivity index (χ0v) is 76.4. The van der Waals surface area contributed by atoms with Crippen molar-refractivity contribution in [2.45, 2.75) is 391 Å². The number of aliphatic hydroxyl groups is 30. The van der Waals surface area contributed by atoms with Crippen molar-refractivity contribution in [1.82, 2.24) is 26.6 Å². The molecule has 11 aliphatic heterocycles. The van der Waals surface area contributed by atoms with Crippen LogP contribution in [0.25, 0.3) is 0 Å². The molecule has 0 aromatic rings. The van der Waals surface area contributed by atoms with Crippen LogP contribution < -0.4 is 26.6 Å². The van der Waals surface area contributed by atoms with Crippen molar-refractivity contribution in [2.75, 3.05) is 66.1 Å². The van der Waals surface area contributed by atoms with Crippen LogP contribution in [-0.2, 0) is 128 Å². The Kier molecular flexibility index (Phi) is 41.7. The smallest absolute Gasteiger partial charge is 0.364 e. The summed E-state index contributed by atoms with van der Waals surface area (Å²) in [4.78, 5) is 77.9. The molecule has 0 spiro atoms. The molecular weight excluding hydrogens is 1950 g/mol. The van der Waals surface area contributed by atoms with Crippen LogP contribution in [0.5, 0.6) is 0 Å². The van der Waals surface area contributed by atoms with Crippen LogP contribution in [0.2, 0.25) is 0 Å². The first-order valence-corrected chi connectivity index (χ1v) is 45.1. The highest BCUT2D eigenvalue weighted by atomic mass is 16.8. The van der Waals surface area contributed by atoms with Crippen molar-refractivity contribution in [2.24, 2.45) is 0 Å². The van der Waals surface area contributed by atoms with E-state index in [2.05, 4.69) is 26.6 Å². The standard InChI is InChI=1S/C79H131N5O58/c1-18-40(100)51(111)55(115)72(124-18)122-17-34-62(47(107)36(68(119)125-34)81-20(3)94)134-69-37(82-21(4)95)48(108)60(31(14-91)130-69)136-74-57(117)64(138-77-67(54(114)44(104)28(11-88)129-77)140-71-39(84-23(6)97)49(109)59(30(13-90)132-71)135-73-56(116)52(112)42(102)26(9-86)126-73)46(106)33(133-74)16-123-76-66(53(113)43(103)27(10-87)128-76)139-70-38(83-22(5)96)50(110)61(32(15-92)131-70)137-75-58(118)65(45(105)29(12-89)127-75)142-79(78(120)121)7-24(98)35(80-19(2)93)63(141-79)41(101)25(99)8-85/h18,24-77,85-92,98-119H,7-17H2,1-6H3,(H,80,93)(H,81,94)(H,82,95)(H,83,96)(H,84,97)(H,120,121)/t18-,24-,25+,26+,27+,28+,29+,30+,31+,32+,33+,34+,35+,36+,37+,38+,39+,40+,41+,42-,43+,44+,45-,46+,47+,48+,49+,50+,51+,52-,53-,54-,55-,56+,57-,58+,59+,60+,61+,62+,63+,64-,65-,66-,67-,68?,69-,70-,71-,72+,73-,74-,75-,76-,77+,79-/m0/s1. The van der Waals surface area contributed by atoms with Gasteiger partial charge in [0.1, 0.15) is 256 Å². The number of carboxylic acids is 1. The Balaban J connectivity index is 0.914. The number of carbonyl (C=O) groups is 6. The third-order valence-electron chi connectivity index (χ3n) is 25.9. The SMILES string of the molecule is CC(=O)N[C@H]1[C@H](O[C@H]2[C@H](O)[C@@H](NC(C)=O)C(O)O[C@@H]2CO[C@@H]2O[C@@H](C)[C@@H](O)[C@@H](O)[C@@H]2O)O[C@H](CO)[C@@H](O[C@@H]2O[C@H](CO[C@H]3O[C@H](CO)[C@@H](O)[C@H](O)[C@@H]3O[C@@H]3O[C@H](CO)[C@@H](O[C@@H]4O[C@H](CO)[C@H](O)[C@H](O[C@]5(C(=O)O)C[C@H](O)[C@@H](NC(C)=O)[C@H]([C@H](O)[C@H](O)CO)O5)[C@H]4O)[C@H](O)[C@H]3NC(C)=O)[C@@H](O)[C@H](O[C@H]3O[C@H](CO)[C@@H](O)[C@H](O)[C@@H]3O[C@@H]3O[C@H](CO)[C@@H](O[C@@H]4O[C@H](CO)[C@H](O)[C@H](O)[C@H]4O)[C@H](O)[C@H]3NC(C)=O)[C@@H]2O)[C@@H]1O. The number of rotatable bonds is 38. The van der Waals surface area contributed by atoms with Gasteiger partial charge in [-0.1, -0.05) is 0 Å². The molecule has 63 heteroatoms. The maximum Gasteiger partial charge on any atom is 0.364 e. The number of hydrogen-bond acceptors (Lipinski definition) is 57. The fourth-order valence-electron chi connectivity index (χ4n) is 18.4. The Bertz CT molecular complexity index is 4010. The van der Waals surface area contributed by atoms with Crippen molar-refractivity contribution < 1.29 is 287 Å². The quantitative estimate of drug-likeness (QED) is 0.0273. The molecule has 0 aromatic heterocycles. The third kappa shape index (κ3) is 25.8. The summed E-state index contributed by atoms with van der Waals surface area (Å²) in [7, 11) is 0. The van der Waals surface area contributed by atoms with Gasteiger partial charge in [-0.2, -0.15) is 0 Å². The summed E-state index contributed by atoms with van der Waals surface area (Å²) in [6.45, 7) is -6.14. The fourth-order valence-corrected chi connectivity index (χ4v) is 18.4. The van der Waals surface area contributed by atoms with E-state index >= 15 is 0 Å². The van der Waals surface area contributed by atoms with Gasteiger partial charge in [0.25, 0.3) is 5.79 Å². The topological polar surface area (TPSA) is 984 Å². The van der Waals surface area contributed by atoms with Crippen LogP contribution in [0, 0.1) is 0 Å². The molecule has 820 valence electrons. The highest BCUT2D eigenvalue weighted by Crippen LogP contribution is 2.44. The van der Waals surface area contributed by atoms with E-state index in [1.165, 1.54) is 6.92 Å². The number of aliphatic carboxylic acids is 1. The summed E-state index contributed by atoms with van der Waals surface area (Å²) in [5.74, 6) is -10.4. The molecule has 0 saturated carbocycles. The lowest BCUT2D eigenvalue weighted by molar-refractivity contribution is -0.399. The molecule has 11 aliphatic rings. The number of carboxylic acid groups (broad SMARTS) is 1. The van der Waals surface area contributed by atoms with Crippen LogP contribution in [0.1, 0.15) is 48.0 Å². The normalized spacial score (nSPS) is 48.0. The Morgan fingerprint density at radius 2 is 0.620 bits per heavy atom. The summed E-state index contributed by atoms with van der Waals surface area (Å²) in [6.07, 6.45) is -111. The summed E-state index contributed by atoms with van der Waals surface area (Å²) in [5, 5.41) is 361. The van der Waals surface area contributed by atoms with Gasteiger partial charge in [0.15, 0.2) is 62.9 Å². The minimum atomic E-state index is -3.33. The molecule has 11 heterocycles. The molecule has 56 atom stereocenters. The molecule has 36 N–H and O–H groups in total. The van der Waals surface area contributed by atoms with Gasteiger partial charge in [-0.05, 0) is 6.92 Å². The summed E-state index contributed by atoms with van der Waals surface area (Å²) in [5.41, 5.74) is 0. The van der Waals surface area contributed by atoms with Gasteiger partial charge in [-0.25, -0.2) is 4.79 Å². The van der Waals surface area contributed by atoms with E-state index in [1.807, 2.05) is 0 Å². The minimum absolute atomic E-state index is 0.857. The average molecular weight is 2080 g/mol. The predicted octanol–water partition coefficient (Wildman–Crippen LogP) is -24.0. The fraction of sp³-hybridized carbons (Fsp3) is 0.924. The first-order valence-electron chi connectivity index (χ1n) is 45.1. The molecule has 63 nitrogen and oxygen atoms in total. The minimum Gasteiger partial charge on any atom is -0.477 e. The first-order chi connectivity index (χ1) is 67.0. The van der Waals surface area contributed by atoms with E-state index in [0.717, 1.165) is 34.6 Å². The molecule has 0 bridgehead atoms. The lowest BCUT2D eigenvalue weighted by atomic mass is 9.88. The van der Waals surface area contributed by atoms with Gasteiger partial charge in [0, 0.05) is 41.0 Å². The molecule has 5 amide bonds. The third-order valence-corrected chi connectivity index (χ3v) is 25.9. The summed E-state index contributed by atoms with van der Waals surface area (Å²) < 4.78 is 125. The van der Waals surface area contributed by atoms with Gasteiger partial charge >= 0.3 is 5.97 Å². The molecule has 11 saturated heterocycles. The maximum absolute atomic E-state index is 13.4. The highest BCUT2D eigenvalue weighted by Gasteiger charge is 2.65. The number of nitrogens with one attached hydrogen (secondary N) is 5. The van der Waals surface area contributed by atoms with Crippen molar-refractivity contribution in [3.8, 4) is 0 Å². The number of hydrogen-bond donors (Lipinski definition) is 36. The van der Waals surface area contributed by atoms with Gasteiger partial charge in [-0.15, -0.1) is 0 Å². The molecule has 1 unspecified atom stereocenters. The van der Waals surface area contributed by atoms with Crippen LogP contribution in [0.3, 0.4) is 0 Å². The van der Waals surface area contributed by atoms with E-state index < -0.39 is 451 Å². The molecular formula is C79H131N5O58. The van der Waals surface area contributed by atoms with Crippen LogP contribution in [-0.4, -0.2) is 603 Å². The van der Waals surface area contributed by atoms with E-state index in [9.17, 15) is 187 Å². The Hall–Kier alpha value is -5.22. The van der Waals surface area contributed by atoms with E-state index in [4.69, 9.17) is 99.5 Å². The first kappa shape index (κ1) is 117. The average Bonchev–Trinajstić information content (AvgIpc) is 0.748. The van der Waals surface area contributed by atoms with Crippen molar-refractivity contribution >= 4 is 35.5 Å². The van der Waals surface area contributed by atoms with Crippen LogP contribution >= 0.6 is 0 Å². The van der Waals surface area contributed by atoms with Crippen molar-refractivity contribution in [3.05, 3.63) is 0 Å². The maximum atomic E-state index is 13.4. The lowest BCUT2D eigenvalue weighted by Gasteiger charge is -2.51. The Morgan fingerprint density at radius 3 is 1.06 bits per heavy atom. The van der Waals surface area contributed by atoms with Crippen LogP contribution in [0.15, 0.2) is 0 Å². The van der Waals surface area contributed by atoms with Crippen molar-refractivity contribution in [1.29, 1.82) is 0 Å². The summed E-state index contributed by atoms with van der Waals surface area (Å²) in [6, 6.07) is -9.81. The predicted molar refractivity (Wildman–Crippen MR) is 436 cm³/mol. The van der Waals surface area contributed by atoms with E-state index in [0.29, 0.717) is 0 Å². The van der Waals surface area contributed by atoms with Gasteiger partial charge in [0.05, 0.1) is 84.3 Å². The number of aliphatic hydroxyl groups excluding tert-OH is 30. The molecule has 0 radical (unpaired) electrons. The second-order valence-electron chi connectivity index (χ2n) is 36.0. The van der Waals surface area contributed by atoms with Crippen molar-refractivity contribution in [3.63, 3.8) is 0 Å². The Labute approximate surface area is 803 Å². The van der Waals surface area contributed by atoms with E-state index in [-0.39, 0.29) is 0 Å². The zero-order valence-electron chi connectivity index (χ0n) is 76.4. The molecule has 11 fully saturated rings. The second kappa shape index (κ2) is 50.6. The summed E-state index contributed by atoms with van der Waals surface area (Å²) >= 11 is 0. The van der Waals surface area contributed by atoms with Gasteiger partial charge in [-0.3, -0.25) is 24.0 Å². The monoisotopic (exact) mass is 2080 g/mol. The highest BCUT2D eigenvalue weighted by molar-refractivity contribution is 5.77. The number of carbonyl (C=O) groups excluding carboxylic acids is 5. The van der Waals surface area contributed by atoms with E-state index in [1.54, 1.807) is 0 Å². The lowest BCUT2D eigenvalue weighted by Crippen LogP contribution is -2.71. The molecule has 0 aliphatic carbocycles. The Morgan fingerprint density at radius 1 is 0.303 bits per heavy atom. The molecule has 11 rings (SSSR count). The number of ether oxygens (including phenoxy) is 21. The number of amides is 5.